The first-order valence-corrected chi connectivity index (χ1v) is 12.4. The van der Waals surface area contributed by atoms with Crippen LogP contribution in [-0.2, 0) is 9.31 Å². The molecular weight excluding hydrogens is 471 g/mol. The average molecular weight is 503 g/mol. The number of benzene rings is 1. The maximum absolute atomic E-state index is 15.5. The van der Waals surface area contributed by atoms with Crippen LogP contribution in [0.1, 0.15) is 46.6 Å². The molecule has 0 spiro atoms. The van der Waals surface area contributed by atoms with Gasteiger partial charge in [-0.1, -0.05) is 0 Å². The second-order valence-electron chi connectivity index (χ2n) is 11.2. The zero-order valence-corrected chi connectivity index (χ0v) is 21.1. The number of non-ortho nitro benzene ring substituents is 1. The Morgan fingerprint density at radius 1 is 1.14 bits per heavy atom. The maximum atomic E-state index is 15.5. The number of rotatable bonds is 6. The molecule has 2 saturated heterocycles. The molecule has 1 saturated carbocycles. The van der Waals surface area contributed by atoms with Crippen molar-refractivity contribution in [3.63, 3.8) is 0 Å². The van der Waals surface area contributed by atoms with Gasteiger partial charge in [0.05, 0.1) is 33.9 Å². The van der Waals surface area contributed by atoms with E-state index in [1.165, 1.54) is 12.1 Å². The summed E-state index contributed by atoms with van der Waals surface area (Å²) in [6.07, 6.45) is 4.39. The predicted octanol–water partition coefficient (Wildman–Crippen LogP) is 3.10. The van der Waals surface area contributed by atoms with Gasteiger partial charge in [-0.2, -0.15) is 5.10 Å². The summed E-state index contributed by atoms with van der Waals surface area (Å²) in [6.45, 7) is 10.6. The summed E-state index contributed by atoms with van der Waals surface area (Å²) < 4.78 is 43.8. The van der Waals surface area contributed by atoms with E-state index >= 15 is 4.39 Å². The van der Waals surface area contributed by atoms with Gasteiger partial charge in [-0.25, -0.2) is 8.78 Å². The van der Waals surface area contributed by atoms with Crippen molar-refractivity contribution in [1.82, 2.24) is 14.7 Å². The smallest absolute Gasteiger partial charge is 0.399 e. The number of nitrogens with zero attached hydrogens (tertiary/aromatic N) is 5. The number of nitro groups is 1. The summed E-state index contributed by atoms with van der Waals surface area (Å²) >= 11 is 0. The van der Waals surface area contributed by atoms with E-state index in [1.54, 1.807) is 6.20 Å². The molecule has 194 valence electrons. The van der Waals surface area contributed by atoms with Gasteiger partial charge in [0.15, 0.2) is 5.82 Å². The van der Waals surface area contributed by atoms with Crippen LogP contribution in [0.15, 0.2) is 30.6 Å². The topological polar surface area (TPSA) is 85.9 Å². The highest BCUT2D eigenvalue weighted by Gasteiger charge is 2.53. The van der Waals surface area contributed by atoms with Crippen LogP contribution in [0, 0.1) is 15.9 Å². The lowest BCUT2D eigenvalue weighted by atomic mass is 9.76. The van der Waals surface area contributed by atoms with Gasteiger partial charge in [0, 0.05) is 69.5 Å². The van der Waals surface area contributed by atoms with Crippen molar-refractivity contribution in [1.29, 1.82) is 0 Å². The van der Waals surface area contributed by atoms with Gasteiger partial charge >= 0.3 is 7.12 Å². The summed E-state index contributed by atoms with van der Waals surface area (Å²) in [7, 11) is -0.490. The Morgan fingerprint density at radius 3 is 2.36 bits per heavy atom. The van der Waals surface area contributed by atoms with Crippen LogP contribution in [0.3, 0.4) is 0 Å². The van der Waals surface area contributed by atoms with E-state index in [0.29, 0.717) is 51.3 Å². The van der Waals surface area contributed by atoms with Gasteiger partial charge in [-0.15, -0.1) is 0 Å². The lowest BCUT2D eigenvalue weighted by Crippen LogP contribution is -2.54. The zero-order valence-electron chi connectivity index (χ0n) is 21.1. The molecule has 3 fully saturated rings. The third-order valence-corrected chi connectivity index (χ3v) is 8.09. The van der Waals surface area contributed by atoms with Crippen molar-refractivity contribution in [2.75, 3.05) is 37.6 Å². The SMILES string of the molecule is CC1(C)OB(c2cnn(C3CC(F)(CN4CCN(c5ccc([N+](=O)[O-])cc5F)CC4)C3)c2)OC1(C)C. The second kappa shape index (κ2) is 8.78. The van der Waals surface area contributed by atoms with Crippen LogP contribution in [0.25, 0.3) is 0 Å². The van der Waals surface area contributed by atoms with Crippen molar-refractivity contribution >= 4 is 24.0 Å². The van der Waals surface area contributed by atoms with E-state index in [2.05, 4.69) is 10.00 Å². The van der Waals surface area contributed by atoms with Crippen molar-refractivity contribution in [2.24, 2.45) is 0 Å². The van der Waals surface area contributed by atoms with Gasteiger partial charge in [0.2, 0.25) is 0 Å². The maximum Gasteiger partial charge on any atom is 0.498 e. The number of anilines is 1. The molecule has 36 heavy (non-hydrogen) atoms. The summed E-state index contributed by atoms with van der Waals surface area (Å²) in [4.78, 5) is 14.1. The molecule has 0 bridgehead atoms. The summed E-state index contributed by atoms with van der Waals surface area (Å²) in [5.74, 6) is -0.611. The fraction of sp³-hybridized carbons (Fsp3) is 0.625. The standard InChI is InChI=1S/C24H32BF2N5O4/c1-22(2)23(3,4)36-25(35-22)17-14-28-31(15-17)19-12-24(27,13-19)16-29-7-9-30(10-8-29)21-6-5-18(32(33)34)11-20(21)26/h5-6,11,14-15,19H,7-10,12-13,16H2,1-4H3. The molecule has 3 aliphatic rings. The van der Waals surface area contributed by atoms with Crippen molar-refractivity contribution in [2.45, 2.75) is 63.4 Å². The van der Waals surface area contributed by atoms with Crippen LogP contribution >= 0.6 is 0 Å². The minimum atomic E-state index is -1.29. The first-order valence-electron chi connectivity index (χ1n) is 12.4. The Hall–Kier alpha value is -2.57. The molecule has 5 rings (SSSR count). The number of piperazine rings is 1. The molecule has 0 atom stereocenters. The quantitative estimate of drug-likeness (QED) is 0.340. The minimum Gasteiger partial charge on any atom is -0.399 e. The van der Waals surface area contributed by atoms with Crippen LogP contribution in [0.2, 0.25) is 0 Å². The molecule has 2 aliphatic heterocycles. The third-order valence-electron chi connectivity index (χ3n) is 8.09. The number of hydrogen-bond acceptors (Lipinski definition) is 7. The van der Waals surface area contributed by atoms with Gasteiger partial charge in [-0.05, 0) is 33.8 Å². The molecule has 0 amide bonds. The predicted molar refractivity (Wildman–Crippen MR) is 132 cm³/mol. The van der Waals surface area contributed by atoms with Gasteiger partial charge in [-0.3, -0.25) is 19.7 Å². The van der Waals surface area contributed by atoms with Crippen molar-refractivity contribution in [3.8, 4) is 0 Å². The van der Waals surface area contributed by atoms with Crippen LogP contribution in [0.5, 0.6) is 0 Å². The lowest BCUT2D eigenvalue weighted by Gasteiger charge is -2.46. The van der Waals surface area contributed by atoms with E-state index in [1.807, 2.05) is 43.5 Å². The monoisotopic (exact) mass is 503 g/mol. The van der Waals surface area contributed by atoms with Crippen molar-refractivity contribution in [3.05, 3.63) is 46.5 Å². The number of halogens is 2. The molecule has 1 aromatic carbocycles. The Labute approximate surface area is 209 Å². The number of hydrogen-bond donors (Lipinski definition) is 0. The number of aromatic nitrogens is 2. The highest BCUT2D eigenvalue weighted by molar-refractivity contribution is 6.62. The Morgan fingerprint density at radius 2 is 1.78 bits per heavy atom. The zero-order chi connectivity index (χ0) is 25.9. The fourth-order valence-electron chi connectivity index (χ4n) is 5.17. The van der Waals surface area contributed by atoms with E-state index < -0.39 is 34.7 Å². The van der Waals surface area contributed by atoms with E-state index in [0.717, 1.165) is 11.5 Å². The van der Waals surface area contributed by atoms with Gasteiger partial charge in [0.1, 0.15) is 5.67 Å². The van der Waals surface area contributed by atoms with Crippen LogP contribution < -0.4 is 10.4 Å². The highest BCUT2D eigenvalue weighted by atomic mass is 19.1. The van der Waals surface area contributed by atoms with Crippen LogP contribution in [-0.4, -0.2) is 76.3 Å². The fourth-order valence-corrected chi connectivity index (χ4v) is 5.17. The van der Waals surface area contributed by atoms with E-state index in [4.69, 9.17) is 9.31 Å². The molecule has 0 N–H and O–H groups in total. The molecule has 3 heterocycles. The minimum absolute atomic E-state index is 0.0123. The molecule has 9 nitrogen and oxygen atoms in total. The van der Waals surface area contributed by atoms with Crippen LogP contribution in [0.4, 0.5) is 20.2 Å². The molecule has 1 aliphatic carbocycles. The van der Waals surface area contributed by atoms with E-state index in [9.17, 15) is 14.5 Å². The molecule has 0 radical (unpaired) electrons. The average Bonchev–Trinajstić information content (AvgIpc) is 3.34. The molecule has 0 unspecified atom stereocenters. The Kier molecular flexibility index (Phi) is 6.12. The third kappa shape index (κ3) is 4.61. The summed E-state index contributed by atoms with van der Waals surface area (Å²) in [6, 6.07) is 3.68. The first kappa shape index (κ1) is 25.1. The van der Waals surface area contributed by atoms with Crippen molar-refractivity contribution < 1.29 is 23.0 Å². The molecular formula is C24H32BF2N5O4. The van der Waals surface area contributed by atoms with Gasteiger partial charge < -0.3 is 14.2 Å². The highest BCUT2D eigenvalue weighted by Crippen LogP contribution is 2.45. The molecule has 1 aromatic heterocycles. The first-order chi connectivity index (χ1) is 16.9. The Balaban J connectivity index is 1.12. The number of nitro benzene ring substituents is 1. The largest absolute Gasteiger partial charge is 0.498 e. The Bertz CT molecular complexity index is 1130. The number of alkyl halides is 1. The molecule has 12 heteroatoms. The second-order valence-corrected chi connectivity index (χ2v) is 11.2. The molecule has 2 aromatic rings. The lowest BCUT2D eigenvalue weighted by molar-refractivity contribution is -0.385. The van der Waals surface area contributed by atoms with E-state index in [-0.39, 0.29) is 11.7 Å². The van der Waals surface area contributed by atoms with Gasteiger partial charge in [0.25, 0.3) is 5.69 Å². The summed E-state index contributed by atoms with van der Waals surface area (Å²) in [5.41, 5.74) is -1.25. The normalized spacial score (nSPS) is 27.8. The summed E-state index contributed by atoms with van der Waals surface area (Å²) in [5, 5.41) is 15.3.